The minimum Gasteiger partial charge on any atom is -0.478 e. The number of carbonyl (C=O) groups excluding carboxylic acids is 2. The summed E-state index contributed by atoms with van der Waals surface area (Å²) in [6, 6.07) is -0.697. The number of nitrogens with zero attached hydrogens (tertiary/aromatic N) is 1. The van der Waals surface area contributed by atoms with Crippen molar-refractivity contribution in [2.24, 2.45) is 5.92 Å². The molecule has 7 heteroatoms. The Morgan fingerprint density at radius 2 is 1.96 bits per heavy atom. The summed E-state index contributed by atoms with van der Waals surface area (Å²) in [5, 5.41) is 8.62. The van der Waals surface area contributed by atoms with Crippen LogP contribution in [-0.4, -0.2) is 53.3 Å². The molecule has 0 aromatic carbocycles. The second-order valence-electron chi connectivity index (χ2n) is 6.86. The van der Waals surface area contributed by atoms with Crippen molar-refractivity contribution >= 4 is 18.0 Å². The molecule has 1 amide bonds. The number of allylic oxidation sites excluding steroid dienone is 1. The van der Waals surface area contributed by atoms with E-state index in [2.05, 4.69) is 0 Å². The Labute approximate surface area is 142 Å². The number of rotatable bonds is 5. The minimum atomic E-state index is -1.00. The van der Waals surface area contributed by atoms with Gasteiger partial charge in [0.1, 0.15) is 11.6 Å². The first-order valence-corrected chi connectivity index (χ1v) is 8.12. The van der Waals surface area contributed by atoms with Gasteiger partial charge in [0.05, 0.1) is 7.11 Å². The minimum absolute atomic E-state index is 0.0860. The molecule has 1 saturated heterocycles. The average Bonchev–Trinajstić information content (AvgIpc) is 2.48. The Bertz CT molecular complexity index is 494. The molecule has 1 heterocycles. The van der Waals surface area contributed by atoms with Crippen LogP contribution < -0.4 is 0 Å². The second-order valence-corrected chi connectivity index (χ2v) is 6.86. The first-order chi connectivity index (χ1) is 11.2. The number of likely N-dealkylation sites (tertiary alicyclic amines) is 1. The highest BCUT2D eigenvalue weighted by atomic mass is 16.6. The molecule has 0 aliphatic carbocycles. The molecule has 0 spiro atoms. The molecule has 1 N–H and O–H groups in total. The van der Waals surface area contributed by atoms with Crippen molar-refractivity contribution in [3.63, 3.8) is 0 Å². The van der Waals surface area contributed by atoms with E-state index in [1.165, 1.54) is 12.0 Å². The lowest BCUT2D eigenvalue weighted by molar-refractivity contribution is -0.150. The third-order valence-corrected chi connectivity index (χ3v) is 3.79. The molecule has 0 bridgehead atoms. The quantitative estimate of drug-likeness (QED) is 0.610. The molecule has 0 aromatic rings. The molecule has 0 aromatic heterocycles. The van der Waals surface area contributed by atoms with Crippen molar-refractivity contribution in [1.82, 2.24) is 4.90 Å². The van der Waals surface area contributed by atoms with Crippen LogP contribution in [0.15, 0.2) is 12.2 Å². The van der Waals surface area contributed by atoms with Crippen LogP contribution in [0.3, 0.4) is 0 Å². The van der Waals surface area contributed by atoms with Crippen molar-refractivity contribution in [1.29, 1.82) is 0 Å². The van der Waals surface area contributed by atoms with Gasteiger partial charge in [0.2, 0.25) is 0 Å². The van der Waals surface area contributed by atoms with E-state index in [0.29, 0.717) is 19.4 Å². The van der Waals surface area contributed by atoms with Crippen molar-refractivity contribution in [3.8, 4) is 0 Å². The fourth-order valence-corrected chi connectivity index (χ4v) is 2.84. The van der Waals surface area contributed by atoms with Gasteiger partial charge in [0.15, 0.2) is 0 Å². The SMILES string of the molecule is COC(=O)[C@@H]1[C@H](CC/C=C/C(=O)O)CCCN1C(=O)OC(C)(C)C. The summed E-state index contributed by atoms with van der Waals surface area (Å²) < 4.78 is 10.3. The molecule has 0 radical (unpaired) electrons. The van der Waals surface area contributed by atoms with Crippen molar-refractivity contribution in [2.75, 3.05) is 13.7 Å². The first-order valence-electron chi connectivity index (χ1n) is 8.12. The summed E-state index contributed by atoms with van der Waals surface area (Å²) in [6.45, 7) is 5.76. The van der Waals surface area contributed by atoms with Gasteiger partial charge in [0, 0.05) is 12.6 Å². The Hall–Kier alpha value is -2.05. The number of piperidine rings is 1. The number of hydrogen-bond acceptors (Lipinski definition) is 5. The van der Waals surface area contributed by atoms with Crippen LogP contribution in [0.5, 0.6) is 0 Å². The van der Waals surface area contributed by atoms with E-state index >= 15 is 0 Å². The van der Waals surface area contributed by atoms with Crippen LogP contribution in [0.2, 0.25) is 0 Å². The van der Waals surface area contributed by atoms with Gasteiger partial charge in [-0.15, -0.1) is 0 Å². The summed E-state index contributed by atoms with van der Waals surface area (Å²) in [5.74, 6) is -1.55. The highest BCUT2D eigenvalue weighted by molar-refractivity contribution is 5.82. The number of hydrogen-bond donors (Lipinski definition) is 1. The van der Waals surface area contributed by atoms with E-state index in [4.69, 9.17) is 14.6 Å². The van der Waals surface area contributed by atoms with Crippen LogP contribution in [0.25, 0.3) is 0 Å². The lowest BCUT2D eigenvalue weighted by atomic mass is 9.85. The van der Waals surface area contributed by atoms with E-state index in [0.717, 1.165) is 18.9 Å². The number of carbonyl (C=O) groups is 3. The maximum absolute atomic E-state index is 12.4. The number of ether oxygens (including phenoxy) is 2. The van der Waals surface area contributed by atoms with Gasteiger partial charge in [-0.25, -0.2) is 14.4 Å². The smallest absolute Gasteiger partial charge is 0.411 e. The highest BCUT2D eigenvalue weighted by Gasteiger charge is 2.41. The standard InChI is InChI=1S/C17H27NO6/c1-17(2,3)24-16(22)18-11-7-9-12(14(18)15(21)23-4)8-5-6-10-13(19)20/h6,10,12,14H,5,7-9,11H2,1-4H3,(H,19,20)/b10-6+/t12-,14+/m1/s1. The Morgan fingerprint density at radius 3 is 2.50 bits per heavy atom. The Kier molecular flexibility index (Phi) is 7.25. The van der Waals surface area contributed by atoms with Crippen LogP contribution in [0.1, 0.15) is 46.5 Å². The third kappa shape index (κ3) is 6.22. The Morgan fingerprint density at radius 1 is 1.29 bits per heavy atom. The summed E-state index contributed by atoms with van der Waals surface area (Å²) in [4.78, 5) is 36.6. The maximum atomic E-state index is 12.4. The molecule has 0 saturated carbocycles. The van der Waals surface area contributed by atoms with Crippen molar-refractivity contribution < 1.29 is 29.0 Å². The molecule has 1 aliphatic rings. The van der Waals surface area contributed by atoms with Crippen LogP contribution in [0.4, 0.5) is 4.79 Å². The lowest BCUT2D eigenvalue weighted by Gasteiger charge is -2.39. The van der Waals surface area contributed by atoms with E-state index in [1.54, 1.807) is 26.8 Å². The fourth-order valence-electron chi connectivity index (χ4n) is 2.84. The molecule has 1 rings (SSSR count). The zero-order valence-corrected chi connectivity index (χ0v) is 14.8. The van der Waals surface area contributed by atoms with Gasteiger partial charge in [-0.1, -0.05) is 6.08 Å². The number of carboxylic acid groups (broad SMARTS) is 1. The van der Waals surface area contributed by atoms with Gasteiger partial charge in [0.25, 0.3) is 0 Å². The number of esters is 1. The van der Waals surface area contributed by atoms with E-state index < -0.39 is 29.7 Å². The Balaban J connectivity index is 2.85. The molecule has 136 valence electrons. The summed E-state index contributed by atoms with van der Waals surface area (Å²) in [7, 11) is 1.30. The summed E-state index contributed by atoms with van der Waals surface area (Å²) in [5.41, 5.74) is -0.644. The number of amides is 1. The lowest BCUT2D eigenvalue weighted by Crippen LogP contribution is -2.54. The van der Waals surface area contributed by atoms with Gasteiger partial charge in [-0.05, 0) is 52.4 Å². The molecule has 1 fully saturated rings. The van der Waals surface area contributed by atoms with E-state index in [1.807, 2.05) is 0 Å². The zero-order valence-electron chi connectivity index (χ0n) is 14.8. The van der Waals surface area contributed by atoms with E-state index in [9.17, 15) is 14.4 Å². The third-order valence-electron chi connectivity index (χ3n) is 3.79. The van der Waals surface area contributed by atoms with Gasteiger partial charge in [-0.3, -0.25) is 4.90 Å². The molecular formula is C17H27NO6. The first kappa shape index (κ1) is 20.0. The monoisotopic (exact) mass is 341 g/mol. The van der Waals surface area contributed by atoms with Crippen LogP contribution in [-0.2, 0) is 19.1 Å². The normalized spacial score (nSPS) is 21.6. The molecule has 0 unspecified atom stereocenters. The molecular weight excluding hydrogens is 314 g/mol. The number of aliphatic carboxylic acids is 1. The molecule has 7 nitrogen and oxygen atoms in total. The predicted molar refractivity (Wildman–Crippen MR) is 87.5 cm³/mol. The summed E-state index contributed by atoms with van der Waals surface area (Å²) >= 11 is 0. The largest absolute Gasteiger partial charge is 0.478 e. The second kappa shape index (κ2) is 8.70. The van der Waals surface area contributed by atoms with Crippen LogP contribution in [0, 0.1) is 5.92 Å². The van der Waals surface area contributed by atoms with Crippen molar-refractivity contribution in [3.05, 3.63) is 12.2 Å². The van der Waals surface area contributed by atoms with Gasteiger partial charge in [-0.2, -0.15) is 0 Å². The van der Waals surface area contributed by atoms with Crippen LogP contribution >= 0.6 is 0 Å². The molecule has 2 atom stereocenters. The summed E-state index contributed by atoms with van der Waals surface area (Å²) in [6.07, 6.45) is 4.78. The van der Waals surface area contributed by atoms with E-state index in [-0.39, 0.29) is 5.92 Å². The molecule has 24 heavy (non-hydrogen) atoms. The number of methoxy groups -OCH3 is 1. The van der Waals surface area contributed by atoms with Gasteiger partial charge >= 0.3 is 18.0 Å². The zero-order chi connectivity index (χ0) is 18.3. The van der Waals surface area contributed by atoms with Gasteiger partial charge < -0.3 is 14.6 Å². The van der Waals surface area contributed by atoms with Crippen molar-refractivity contribution in [2.45, 2.75) is 58.1 Å². The fraction of sp³-hybridized carbons (Fsp3) is 0.706. The number of carboxylic acids is 1. The maximum Gasteiger partial charge on any atom is 0.411 e. The predicted octanol–water partition coefficient (Wildman–Crippen LogP) is 2.60. The highest BCUT2D eigenvalue weighted by Crippen LogP contribution is 2.30. The topological polar surface area (TPSA) is 93.1 Å². The molecule has 1 aliphatic heterocycles. The average molecular weight is 341 g/mol.